The molecular weight excluding hydrogens is 486 g/mol. The van der Waals surface area contributed by atoms with Gasteiger partial charge < -0.3 is 10.2 Å². The number of anilines is 2. The van der Waals surface area contributed by atoms with Crippen molar-refractivity contribution in [2.24, 2.45) is 5.10 Å². The first-order valence-corrected chi connectivity index (χ1v) is 14.0. The summed E-state index contributed by atoms with van der Waals surface area (Å²) < 4.78 is 23.7. The van der Waals surface area contributed by atoms with Gasteiger partial charge in [0, 0.05) is 38.0 Å². The van der Waals surface area contributed by atoms with E-state index < -0.39 is 15.7 Å². The number of hydrogen-bond donors (Lipinski definition) is 2. The first-order valence-electron chi connectivity index (χ1n) is 11.3. The van der Waals surface area contributed by atoms with Crippen molar-refractivity contribution >= 4 is 54.1 Å². The first kappa shape index (κ1) is 25.0. The largest absolute Gasteiger partial charge is 0.369 e. The lowest BCUT2D eigenvalue weighted by Crippen LogP contribution is -2.27. The summed E-state index contributed by atoms with van der Waals surface area (Å²) in [6.07, 6.45) is 3.18. The van der Waals surface area contributed by atoms with Gasteiger partial charge in [0.2, 0.25) is 0 Å². The van der Waals surface area contributed by atoms with Gasteiger partial charge in [-0.15, -0.1) is 0 Å². The molecule has 35 heavy (non-hydrogen) atoms. The number of rotatable bonds is 9. The van der Waals surface area contributed by atoms with Gasteiger partial charge in [-0.05, 0) is 51.2 Å². The van der Waals surface area contributed by atoms with Crippen LogP contribution in [0.2, 0.25) is 0 Å². The molecule has 12 heteroatoms. The number of carbonyl (C=O) groups excluding carboxylic acids is 1. The molecule has 0 unspecified atom stereocenters. The number of hydrazone groups is 1. The average molecular weight is 516 g/mol. The van der Waals surface area contributed by atoms with E-state index in [9.17, 15) is 13.2 Å². The van der Waals surface area contributed by atoms with Gasteiger partial charge in [-0.25, -0.2) is 18.4 Å². The number of thiazole rings is 1. The Balaban J connectivity index is 1.55. The van der Waals surface area contributed by atoms with Gasteiger partial charge in [0.05, 0.1) is 4.90 Å². The molecule has 2 aromatic heterocycles. The number of pyridine rings is 1. The minimum Gasteiger partial charge on any atom is -0.369 e. The number of nitrogens with zero attached hydrogens (tertiary/aromatic N) is 5. The van der Waals surface area contributed by atoms with Crippen LogP contribution in [0.4, 0.5) is 10.9 Å². The summed E-state index contributed by atoms with van der Waals surface area (Å²) in [5.41, 5.74) is 1.44. The predicted octanol–water partition coefficient (Wildman–Crippen LogP) is 2.51. The minimum atomic E-state index is -3.34. The second kappa shape index (κ2) is 10.7. The Morgan fingerprint density at radius 2 is 1.83 bits per heavy atom. The van der Waals surface area contributed by atoms with E-state index in [1.165, 1.54) is 23.5 Å². The molecule has 1 amide bonds. The Morgan fingerprint density at radius 3 is 2.49 bits per heavy atom. The zero-order valence-corrected chi connectivity index (χ0v) is 21.6. The maximum atomic E-state index is 13.3. The van der Waals surface area contributed by atoms with E-state index in [-0.39, 0.29) is 10.6 Å². The lowest BCUT2D eigenvalue weighted by molar-refractivity contribution is -0.110. The number of amides is 1. The van der Waals surface area contributed by atoms with Crippen LogP contribution in [0.25, 0.3) is 10.3 Å². The number of nitrogens with one attached hydrogen (secondary N) is 2. The van der Waals surface area contributed by atoms with Gasteiger partial charge in [0.1, 0.15) is 16.2 Å². The summed E-state index contributed by atoms with van der Waals surface area (Å²) in [7, 11) is 0.685. The SMILES string of the molecule is CN(C)CCNc1ccc2nc(NC(=O)C(=NN3CCCC3)c3ccc(S(C)(=O)=O)cc3)sc2n1. The molecule has 2 N–H and O–H groups in total. The van der Waals surface area contributed by atoms with Crippen LogP contribution < -0.4 is 10.6 Å². The Labute approximate surface area is 209 Å². The third kappa shape index (κ3) is 6.53. The van der Waals surface area contributed by atoms with Gasteiger partial charge in [-0.1, -0.05) is 23.5 Å². The Kier molecular flexibility index (Phi) is 7.63. The van der Waals surface area contributed by atoms with Crippen molar-refractivity contribution in [3.63, 3.8) is 0 Å². The van der Waals surface area contributed by atoms with E-state index in [4.69, 9.17) is 0 Å². The maximum Gasteiger partial charge on any atom is 0.278 e. The quantitative estimate of drug-likeness (QED) is 0.417. The van der Waals surface area contributed by atoms with Crippen LogP contribution in [0.5, 0.6) is 0 Å². The number of hydrogen-bond acceptors (Lipinski definition) is 10. The van der Waals surface area contributed by atoms with E-state index in [1.807, 2.05) is 31.2 Å². The minimum absolute atomic E-state index is 0.189. The van der Waals surface area contributed by atoms with Crippen molar-refractivity contribution < 1.29 is 13.2 Å². The second-order valence-corrected chi connectivity index (χ2v) is 11.6. The van der Waals surface area contributed by atoms with Crippen molar-refractivity contribution in [2.45, 2.75) is 17.7 Å². The lowest BCUT2D eigenvalue weighted by Gasteiger charge is -2.14. The summed E-state index contributed by atoms with van der Waals surface area (Å²) in [4.78, 5) is 25.4. The van der Waals surface area contributed by atoms with Crippen molar-refractivity contribution in [2.75, 3.05) is 57.2 Å². The normalized spacial score (nSPS) is 14.6. The zero-order valence-electron chi connectivity index (χ0n) is 20.0. The molecule has 1 aromatic carbocycles. The molecule has 0 atom stereocenters. The molecule has 4 rings (SSSR count). The second-order valence-electron chi connectivity index (χ2n) is 8.63. The fourth-order valence-corrected chi connectivity index (χ4v) is 5.03. The third-order valence-electron chi connectivity index (χ3n) is 5.44. The number of likely N-dealkylation sites (N-methyl/N-ethyl adjacent to an activating group) is 1. The predicted molar refractivity (Wildman–Crippen MR) is 140 cm³/mol. The molecule has 10 nitrogen and oxygen atoms in total. The molecule has 0 aliphatic carbocycles. The topological polar surface area (TPSA) is 120 Å². The van der Waals surface area contributed by atoms with Crippen molar-refractivity contribution in [3.8, 4) is 0 Å². The highest BCUT2D eigenvalue weighted by Gasteiger charge is 2.20. The van der Waals surface area contributed by atoms with Crippen LogP contribution in [-0.2, 0) is 14.6 Å². The summed E-state index contributed by atoms with van der Waals surface area (Å²) in [6.45, 7) is 3.19. The molecule has 0 bridgehead atoms. The lowest BCUT2D eigenvalue weighted by atomic mass is 10.1. The smallest absolute Gasteiger partial charge is 0.278 e. The molecule has 186 valence electrons. The highest BCUT2D eigenvalue weighted by atomic mass is 32.2. The molecule has 1 aliphatic heterocycles. The van der Waals surface area contributed by atoms with Crippen LogP contribution in [0.1, 0.15) is 18.4 Å². The fraction of sp³-hybridized carbons (Fsp3) is 0.391. The summed E-state index contributed by atoms with van der Waals surface area (Å²) in [6, 6.07) is 9.93. The molecule has 1 fully saturated rings. The van der Waals surface area contributed by atoms with Crippen LogP contribution in [0, 0.1) is 0 Å². The van der Waals surface area contributed by atoms with Crippen LogP contribution >= 0.6 is 11.3 Å². The van der Waals surface area contributed by atoms with E-state index in [0.29, 0.717) is 21.0 Å². The number of carbonyl (C=O) groups is 1. The van der Waals surface area contributed by atoms with E-state index in [2.05, 4.69) is 30.6 Å². The van der Waals surface area contributed by atoms with E-state index >= 15 is 0 Å². The molecule has 0 spiro atoms. The van der Waals surface area contributed by atoms with Crippen molar-refractivity contribution in [1.82, 2.24) is 19.9 Å². The van der Waals surface area contributed by atoms with Crippen molar-refractivity contribution in [3.05, 3.63) is 42.0 Å². The van der Waals surface area contributed by atoms with Crippen LogP contribution in [-0.4, -0.2) is 86.4 Å². The number of fused-ring (bicyclic) bond motifs is 1. The average Bonchev–Trinajstić information content (AvgIpc) is 3.45. The number of aromatic nitrogens is 2. The summed E-state index contributed by atoms with van der Waals surface area (Å²) in [5.74, 6) is 0.343. The van der Waals surface area contributed by atoms with E-state index in [1.54, 1.807) is 12.1 Å². The molecule has 3 aromatic rings. The molecule has 1 aliphatic rings. The van der Waals surface area contributed by atoms with Crippen molar-refractivity contribution in [1.29, 1.82) is 0 Å². The molecule has 1 saturated heterocycles. The first-order chi connectivity index (χ1) is 16.7. The molecule has 0 saturated carbocycles. The Hall–Kier alpha value is -3.09. The van der Waals surface area contributed by atoms with Gasteiger partial charge in [-0.2, -0.15) is 5.10 Å². The summed E-state index contributed by atoms with van der Waals surface area (Å²) >= 11 is 1.29. The number of benzene rings is 1. The van der Waals surface area contributed by atoms with Crippen LogP contribution in [0.15, 0.2) is 46.4 Å². The summed E-state index contributed by atoms with van der Waals surface area (Å²) in [5, 5.41) is 13.0. The highest BCUT2D eigenvalue weighted by Crippen LogP contribution is 2.26. The van der Waals surface area contributed by atoms with Crippen LogP contribution in [0.3, 0.4) is 0 Å². The van der Waals surface area contributed by atoms with Gasteiger partial charge in [-0.3, -0.25) is 15.1 Å². The monoisotopic (exact) mass is 515 g/mol. The fourth-order valence-electron chi connectivity index (χ4n) is 3.57. The number of sulfone groups is 1. The highest BCUT2D eigenvalue weighted by molar-refractivity contribution is 7.90. The maximum absolute atomic E-state index is 13.3. The Bertz CT molecular complexity index is 1330. The zero-order chi connectivity index (χ0) is 25.0. The van der Waals surface area contributed by atoms with Gasteiger partial charge in [0.15, 0.2) is 20.7 Å². The van der Waals surface area contributed by atoms with Gasteiger partial charge in [0.25, 0.3) is 5.91 Å². The van der Waals surface area contributed by atoms with Gasteiger partial charge >= 0.3 is 0 Å². The molecular formula is C23H29N7O3S2. The third-order valence-corrected chi connectivity index (χ3v) is 7.44. The Morgan fingerprint density at radius 1 is 1.11 bits per heavy atom. The molecule has 0 radical (unpaired) electrons. The van der Waals surface area contributed by atoms with E-state index in [0.717, 1.165) is 51.1 Å². The molecule has 3 heterocycles. The standard InChI is InChI=1S/C23H29N7O3S2/c1-29(2)15-12-24-19-11-10-18-22(26-19)34-23(25-18)27-21(31)20(28-30-13-4-5-14-30)16-6-8-17(9-7-16)35(3,32)33/h6-11H,4-5,12-15H2,1-3H3,(H,24,26)(H,25,27,31).